The molecule has 0 radical (unpaired) electrons. The molecule has 0 saturated heterocycles. The van der Waals surface area contributed by atoms with E-state index in [1.807, 2.05) is 6.92 Å². The van der Waals surface area contributed by atoms with Gasteiger partial charge in [0.25, 0.3) is 0 Å². The van der Waals surface area contributed by atoms with Crippen molar-refractivity contribution in [3.63, 3.8) is 0 Å². The molecule has 0 aliphatic rings. The van der Waals surface area contributed by atoms with Gasteiger partial charge in [0.2, 0.25) is 0 Å². The molecular formula is C22H25NO6. The number of ketones is 1. The Morgan fingerprint density at radius 1 is 0.966 bits per heavy atom. The Balaban J connectivity index is 1.93. The minimum atomic E-state index is -0.669. The molecule has 0 aliphatic carbocycles. The number of amides is 1. The number of nitrogens with one attached hydrogen (secondary N) is 1. The van der Waals surface area contributed by atoms with Crippen molar-refractivity contribution in [2.24, 2.45) is 0 Å². The minimum absolute atomic E-state index is 0.207. The van der Waals surface area contributed by atoms with Gasteiger partial charge in [-0.1, -0.05) is 6.07 Å². The molecule has 0 heterocycles. The number of hydrogen-bond donors (Lipinski definition) is 1. The van der Waals surface area contributed by atoms with Gasteiger partial charge in [-0.2, -0.15) is 0 Å². The van der Waals surface area contributed by atoms with Gasteiger partial charge in [-0.25, -0.2) is 9.59 Å². The van der Waals surface area contributed by atoms with Crippen LogP contribution in [0.4, 0.5) is 10.5 Å². The molecule has 0 bridgehead atoms. The van der Waals surface area contributed by atoms with Crippen molar-refractivity contribution < 1.29 is 28.6 Å². The van der Waals surface area contributed by atoms with E-state index in [2.05, 4.69) is 5.32 Å². The average Bonchev–Trinajstić information content (AvgIpc) is 2.65. The molecule has 0 atom stereocenters. The third-order valence-corrected chi connectivity index (χ3v) is 3.57. The molecule has 2 rings (SSSR count). The van der Waals surface area contributed by atoms with Gasteiger partial charge in [0.1, 0.15) is 11.4 Å². The smallest absolute Gasteiger partial charge is 0.412 e. The van der Waals surface area contributed by atoms with E-state index in [-0.39, 0.29) is 11.3 Å². The van der Waals surface area contributed by atoms with Crippen LogP contribution >= 0.6 is 0 Å². The van der Waals surface area contributed by atoms with Gasteiger partial charge < -0.3 is 14.2 Å². The SMILES string of the molecule is CCOc1ccc(C(=O)COC(=O)c2cccc(NC(=O)OC(C)(C)C)c2)cc1. The van der Waals surface area contributed by atoms with Crippen molar-refractivity contribution in [2.45, 2.75) is 33.3 Å². The summed E-state index contributed by atoms with van der Waals surface area (Å²) in [6.45, 7) is 7.27. The third kappa shape index (κ3) is 7.29. The normalized spacial score (nSPS) is 10.8. The zero-order valence-electron chi connectivity index (χ0n) is 17.0. The molecule has 0 fully saturated rings. The number of rotatable bonds is 7. The van der Waals surface area contributed by atoms with Crippen LogP contribution in [-0.4, -0.2) is 36.7 Å². The van der Waals surface area contributed by atoms with E-state index in [4.69, 9.17) is 14.2 Å². The summed E-state index contributed by atoms with van der Waals surface area (Å²) >= 11 is 0. The van der Waals surface area contributed by atoms with Gasteiger partial charge >= 0.3 is 12.1 Å². The van der Waals surface area contributed by atoms with Crippen LogP contribution in [0.5, 0.6) is 5.75 Å². The van der Waals surface area contributed by atoms with Crippen LogP contribution in [-0.2, 0) is 9.47 Å². The molecule has 1 amide bonds. The first-order valence-corrected chi connectivity index (χ1v) is 9.21. The monoisotopic (exact) mass is 399 g/mol. The molecule has 1 N–H and O–H groups in total. The topological polar surface area (TPSA) is 90.9 Å². The van der Waals surface area contributed by atoms with Gasteiger partial charge in [0.05, 0.1) is 12.2 Å². The molecule has 7 nitrogen and oxygen atoms in total. The Kier molecular flexibility index (Phi) is 7.36. The number of carbonyl (C=O) groups is 3. The lowest BCUT2D eigenvalue weighted by atomic mass is 10.1. The van der Waals surface area contributed by atoms with Crippen LogP contribution in [0.15, 0.2) is 48.5 Å². The number of anilines is 1. The molecule has 154 valence electrons. The summed E-state index contributed by atoms with van der Waals surface area (Å²) in [4.78, 5) is 36.3. The van der Waals surface area contributed by atoms with Gasteiger partial charge in [0, 0.05) is 11.3 Å². The summed E-state index contributed by atoms with van der Waals surface area (Å²) in [5.74, 6) is -0.336. The molecule has 0 aliphatic heterocycles. The quantitative estimate of drug-likeness (QED) is 0.546. The highest BCUT2D eigenvalue weighted by molar-refractivity contribution is 5.99. The molecule has 29 heavy (non-hydrogen) atoms. The second-order valence-corrected chi connectivity index (χ2v) is 7.16. The summed E-state index contributed by atoms with van der Waals surface area (Å²) in [5, 5.41) is 2.55. The lowest BCUT2D eigenvalue weighted by Gasteiger charge is -2.19. The number of hydrogen-bond acceptors (Lipinski definition) is 6. The van der Waals surface area contributed by atoms with Crippen LogP contribution in [0.2, 0.25) is 0 Å². The standard InChI is InChI=1S/C22H25NO6/c1-5-27-18-11-9-15(10-12-18)19(24)14-28-20(25)16-7-6-8-17(13-16)23-21(26)29-22(2,3)4/h6-13H,5,14H2,1-4H3,(H,23,26). The summed E-state index contributed by atoms with van der Waals surface area (Å²) in [5.41, 5.74) is 0.369. The molecule has 2 aromatic rings. The summed E-state index contributed by atoms with van der Waals surface area (Å²) in [6.07, 6.45) is -0.631. The first-order chi connectivity index (χ1) is 13.7. The maximum Gasteiger partial charge on any atom is 0.412 e. The molecule has 0 spiro atoms. The van der Waals surface area contributed by atoms with Crippen molar-refractivity contribution in [3.05, 3.63) is 59.7 Å². The summed E-state index contributed by atoms with van der Waals surface area (Å²) in [6, 6.07) is 12.8. The van der Waals surface area contributed by atoms with Crippen molar-refractivity contribution in [2.75, 3.05) is 18.5 Å². The van der Waals surface area contributed by atoms with E-state index in [1.54, 1.807) is 57.2 Å². The number of benzene rings is 2. The molecule has 7 heteroatoms. The third-order valence-electron chi connectivity index (χ3n) is 3.57. The van der Waals surface area contributed by atoms with E-state index in [9.17, 15) is 14.4 Å². The second-order valence-electron chi connectivity index (χ2n) is 7.16. The van der Waals surface area contributed by atoms with Gasteiger partial charge in [-0.15, -0.1) is 0 Å². The van der Waals surface area contributed by atoms with Crippen LogP contribution in [0, 0.1) is 0 Å². The van der Waals surface area contributed by atoms with Crippen molar-refractivity contribution in [3.8, 4) is 5.75 Å². The largest absolute Gasteiger partial charge is 0.494 e. The van der Waals surface area contributed by atoms with Crippen LogP contribution in [0.1, 0.15) is 48.4 Å². The van der Waals surface area contributed by atoms with E-state index in [0.717, 1.165) is 0 Å². The number of carbonyl (C=O) groups excluding carboxylic acids is 3. The molecule has 0 unspecified atom stereocenters. The van der Waals surface area contributed by atoms with Gasteiger partial charge in [0.15, 0.2) is 12.4 Å². The zero-order valence-corrected chi connectivity index (χ0v) is 17.0. The molecule has 0 aromatic heterocycles. The predicted molar refractivity (Wildman–Crippen MR) is 109 cm³/mol. The fraction of sp³-hybridized carbons (Fsp3) is 0.318. The van der Waals surface area contributed by atoms with Gasteiger partial charge in [-0.05, 0) is 70.2 Å². The highest BCUT2D eigenvalue weighted by atomic mass is 16.6. The zero-order chi connectivity index (χ0) is 21.4. The highest BCUT2D eigenvalue weighted by Crippen LogP contribution is 2.15. The number of esters is 1. The number of ether oxygens (including phenoxy) is 3. The first-order valence-electron chi connectivity index (χ1n) is 9.21. The molecule has 2 aromatic carbocycles. The predicted octanol–water partition coefficient (Wildman–Crippen LogP) is 4.47. The van der Waals surface area contributed by atoms with E-state index >= 15 is 0 Å². The van der Waals surface area contributed by atoms with Crippen LogP contribution in [0.3, 0.4) is 0 Å². The Bertz CT molecular complexity index is 868. The van der Waals surface area contributed by atoms with E-state index in [1.165, 1.54) is 12.1 Å². The van der Waals surface area contributed by atoms with Crippen LogP contribution < -0.4 is 10.1 Å². The fourth-order valence-electron chi connectivity index (χ4n) is 2.35. The van der Waals surface area contributed by atoms with E-state index in [0.29, 0.717) is 23.6 Å². The second kappa shape index (κ2) is 9.73. The van der Waals surface area contributed by atoms with Crippen molar-refractivity contribution in [1.82, 2.24) is 0 Å². The Morgan fingerprint density at radius 2 is 1.66 bits per heavy atom. The fourth-order valence-corrected chi connectivity index (χ4v) is 2.35. The molecular weight excluding hydrogens is 374 g/mol. The lowest BCUT2D eigenvalue weighted by Crippen LogP contribution is -2.27. The van der Waals surface area contributed by atoms with E-state index < -0.39 is 24.3 Å². The molecule has 0 saturated carbocycles. The number of Topliss-reactive ketones (excluding diaryl/α,β-unsaturated/α-hetero) is 1. The maximum absolute atomic E-state index is 12.2. The van der Waals surface area contributed by atoms with Crippen molar-refractivity contribution in [1.29, 1.82) is 0 Å². The Hall–Kier alpha value is -3.35. The maximum atomic E-state index is 12.2. The minimum Gasteiger partial charge on any atom is -0.494 e. The average molecular weight is 399 g/mol. The Morgan fingerprint density at radius 3 is 2.28 bits per heavy atom. The highest BCUT2D eigenvalue weighted by Gasteiger charge is 2.17. The van der Waals surface area contributed by atoms with Gasteiger partial charge in [-0.3, -0.25) is 10.1 Å². The summed E-state index contributed by atoms with van der Waals surface area (Å²) in [7, 11) is 0. The van der Waals surface area contributed by atoms with Crippen LogP contribution in [0.25, 0.3) is 0 Å². The lowest BCUT2D eigenvalue weighted by molar-refractivity contribution is 0.0474. The Labute approximate surface area is 170 Å². The summed E-state index contributed by atoms with van der Waals surface area (Å²) < 4.78 is 15.6. The first kappa shape index (κ1) is 21.9. The van der Waals surface area contributed by atoms with Crippen molar-refractivity contribution >= 4 is 23.5 Å².